The second-order valence-corrected chi connectivity index (χ2v) is 3.88. The molecule has 0 saturated carbocycles. The van der Waals surface area contributed by atoms with E-state index in [1.807, 2.05) is 6.21 Å². The fourth-order valence-corrected chi connectivity index (χ4v) is 0.775. The van der Waals surface area contributed by atoms with Gasteiger partial charge in [0.15, 0.2) is 0 Å². The molecule has 68 valence electrons. The monoisotopic (exact) mass is 184 g/mol. The van der Waals surface area contributed by atoms with E-state index in [0.717, 1.165) is 11.9 Å². The van der Waals surface area contributed by atoms with Gasteiger partial charge in [-0.25, -0.2) is 0 Å². The minimum Gasteiger partial charge on any atom is -0.289 e. The van der Waals surface area contributed by atoms with Crippen LogP contribution in [-0.4, -0.2) is 19.2 Å². The van der Waals surface area contributed by atoms with Crippen LogP contribution in [0.1, 0.15) is 20.8 Å². The average Bonchev–Trinajstić information content (AvgIpc) is 1.95. The Morgan fingerprint density at radius 3 is 2.42 bits per heavy atom. The first kappa shape index (κ1) is 11.5. The van der Waals surface area contributed by atoms with Gasteiger partial charge in [0.1, 0.15) is 0 Å². The van der Waals surface area contributed by atoms with Gasteiger partial charge in [0.2, 0.25) is 0 Å². The highest BCUT2D eigenvalue weighted by Crippen LogP contribution is 2.23. The maximum atomic E-state index is 4.14. The number of hydrogen-bond donors (Lipinski definition) is 0. The van der Waals surface area contributed by atoms with Gasteiger partial charge in [0.25, 0.3) is 0 Å². The van der Waals surface area contributed by atoms with Crippen molar-refractivity contribution >= 4 is 22.2 Å². The van der Waals surface area contributed by atoms with Crippen LogP contribution in [0.3, 0.4) is 0 Å². The first-order valence-electron chi connectivity index (χ1n) is 3.88. The molecule has 0 aliphatic heterocycles. The molecule has 0 aromatic heterocycles. The molecule has 0 amide bonds. The average molecular weight is 184 g/mol. The molecule has 0 radical (unpaired) electrons. The molecule has 0 aliphatic carbocycles. The summed E-state index contributed by atoms with van der Waals surface area (Å²) in [4.78, 5) is 7.88. The van der Waals surface area contributed by atoms with Gasteiger partial charge < -0.3 is 0 Å². The van der Waals surface area contributed by atoms with E-state index in [1.165, 1.54) is 0 Å². The lowest BCUT2D eigenvalue weighted by Gasteiger charge is -2.18. The quantitative estimate of drug-likeness (QED) is 0.475. The van der Waals surface area contributed by atoms with Crippen LogP contribution in [0.4, 0.5) is 0 Å². The van der Waals surface area contributed by atoms with Crippen LogP contribution in [0.2, 0.25) is 0 Å². The first-order valence-corrected chi connectivity index (χ1v) is 4.70. The van der Waals surface area contributed by atoms with Gasteiger partial charge >= 0.3 is 0 Å². The normalized spacial score (nSPS) is 13.8. The van der Waals surface area contributed by atoms with Crippen molar-refractivity contribution in [2.24, 2.45) is 15.4 Å². The lowest BCUT2D eigenvalue weighted by Crippen LogP contribution is -2.10. The minimum atomic E-state index is 0.0878. The molecule has 0 saturated heterocycles. The van der Waals surface area contributed by atoms with Crippen molar-refractivity contribution in [1.82, 2.24) is 0 Å². The molecule has 12 heavy (non-hydrogen) atoms. The Kier molecular flexibility index (Phi) is 5.00. The van der Waals surface area contributed by atoms with E-state index in [-0.39, 0.29) is 5.41 Å². The van der Waals surface area contributed by atoms with E-state index in [1.54, 1.807) is 6.20 Å². The zero-order valence-electron chi connectivity index (χ0n) is 8.04. The fourth-order valence-electron chi connectivity index (χ4n) is 0.670. The topological polar surface area (TPSA) is 24.7 Å². The molecule has 0 N–H and O–H groups in total. The van der Waals surface area contributed by atoms with E-state index < -0.39 is 0 Å². The molecular weight excluding hydrogens is 167 g/mol. The predicted molar refractivity (Wildman–Crippen MR) is 60.2 cm³/mol. The second-order valence-electron chi connectivity index (χ2n) is 3.51. The summed E-state index contributed by atoms with van der Waals surface area (Å²) in [5.74, 6) is 0. The van der Waals surface area contributed by atoms with Crippen molar-refractivity contribution in [3.63, 3.8) is 0 Å². The highest BCUT2D eigenvalue weighted by Gasteiger charge is 2.14. The summed E-state index contributed by atoms with van der Waals surface area (Å²) in [6.45, 7) is 9.80. The lowest BCUT2D eigenvalue weighted by atomic mass is 9.88. The highest BCUT2D eigenvalue weighted by atomic mass is 31.0. The summed E-state index contributed by atoms with van der Waals surface area (Å²) in [7, 11) is 2.55. The van der Waals surface area contributed by atoms with Crippen molar-refractivity contribution in [3.05, 3.63) is 11.8 Å². The van der Waals surface area contributed by atoms with Crippen LogP contribution in [0.15, 0.2) is 21.8 Å². The zero-order valence-corrected chi connectivity index (χ0v) is 9.20. The van der Waals surface area contributed by atoms with Gasteiger partial charge in [-0.15, -0.1) is 9.24 Å². The molecule has 0 fully saturated rings. The highest BCUT2D eigenvalue weighted by molar-refractivity contribution is 7.16. The summed E-state index contributed by atoms with van der Waals surface area (Å²) in [6, 6.07) is 0. The number of nitrogens with zero attached hydrogens (tertiary/aromatic N) is 2. The van der Waals surface area contributed by atoms with Gasteiger partial charge in [0, 0.05) is 12.4 Å². The maximum absolute atomic E-state index is 4.14. The molecule has 0 aromatic carbocycles. The van der Waals surface area contributed by atoms with Crippen molar-refractivity contribution in [3.8, 4) is 0 Å². The second kappa shape index (κ2) is 5.21. The van der Waals surface area contributed by atoms with Crippen molar-refractivity contribution < 1.29 is 0 Å². The molecule has 0 heterocycles. The molecule has 0 bridgehead atoms. The summed E-state index contributed by atoms with van der Waals surface area (Å²) >= 11 is 0. The lowest BCUT2D eigenvalue weighted by molar-refractivity contribution is 0.525. The molecular formula is C9H17N2P. The largest absolute Gasteiger partial charge is 0.289 e. The van der Waals surface area contributed by atoms with Crippen molar-refractivity contribution in [2.45, 2.75) is 20.8 Å². The van der Waals surface area contributed by atoms with E-state index in [2.05, 4.69) is 46.7 Å². The van der Waals surface area contributed by atoms with Crippen molar-refractivity contribution in [2.75, 3.05) is 6.29 Å². The molecule has 0 spiro atoms. The van der Waals surface area contributed by atoms with Gasteiger partial charge in [-0.3, -0.25) is 9.98 Å². The number of allylic oxidation sites excluding steroid dienone is 1. The summed E-state index contributed by atoms with van der Waals surface area (Å²) in [5.41, 5.74) is 1.19. The zero-order chi connectivity index (χ0) is 9.61. The number of hydrogen-bond acceptors (Lipinski definition) is 2. The third-order valence-electron chi connectivity index (χ3n) is 1.43. The summed E-state index contributed by atoms with van der Waals surface area (Å²) in [6.07, 6.45) is 4.33. The fraction of sp³-hybridized carbons (Fsp3) is 0.556. The molecule has 0 rings (SSSR count). The van der Waals surface area contributed by atoms with Gasteiger partial charge in [0.05, 0.1) is 6.29 Å². The Morgan fingerprint density at radius 2 is 2.08 bits per heavy atom. The van der Waals surface area contributed by atoms with E-state index in [4.69, 9.17) is 0 Å². The Hall–Kier alpha value is -0.490. The van der Waals surface area contributed by atoms with E-state index >= 15 is 0 Å². The Labute approximate surface area is 77.1 Å². The van der Waals surface area contributed by atoms with Gasteiger partial charge in [-0.05, 0) is 17.7 Å². The van der Waals surface area contributed by atoms with Gasteiger partial charge in [-0.1, -0.05) is 20.8 Å². The predicted octanol–water partition coefficient (Wildman–Crippen LogP) is 2.52. The van der Waals surface area contributed by atoms with Crippen LogP contribution < -0.4 is 0 Å². The molecule has 0 aliphatic rings. The molecule has 1 unspecified atom stereocenters. The van der Waals surface area contributed by atoms with E-state index in [0.29, 0.717) is 0 Å². The van der Waals surface area contributed by atoms with Crippen LogP contribution >= 0.6 is 9.24 Å². The van der Waals surface area contributed by atoms with Gasteiger partial charge in [-0.2, -0.15) is 0 Å². The number of aliphatic imine (C=N–C) groups is 2. The first-order chi connectivity index (χ1) is 5.52. The molecule has 3 heteroatoms. The standard InChI is InChI=1S/C9H17N2P/c1-9(2,3)8(5-10-4)6-11-7-12/h5-6H,4,7,12H2,1-3H3/b8-5+,11-6?. The minimum absolute atomic E-state index is 0.0878. The summed E-state index contributed by atoms with van der Waals surface area (Å²) < 4.78 is 0. The van der Waals surface area contributed by atoms with E-state index in [9.17, 15) is 0 Å². The Balaban J connectivity index is 4.57. The molecule has 0 aromatic rings. The maximum Gasteiger partial charge on any atom is 0.0528 e. The molecule has 2 nitrogen and oxygen atoms in total. The third-order valence-corrected chi connectivity index (χ3v) is 1.64. The van der Waals surface area contributed by atoms with Crippen LogP contribution in [0, 0.1) is 5.41 Å². The smallest absolute Gasteiger partial charge is 0.0528 e. The third kappa shape index (κ3) is 4.40. The van der Waals surface area contributed by atoms with Crippen molar-refractivity contribution in [1.29, 1.82) is 0 Å². The Bertz CT molecular complexity index is 199. The Morgan fingerprint density at radius 1 is 1.50 bits per heavy atom. The van der Waals surface area contributed by atoms with Crippen LogP contribution in [-0.2, 0) is 0 Å². The molecule has 1 atom stereocenters. The summed E-state index contributed by atoms with van der Waals surface area (Å²) in [5, 5.41) is 0. The number of rotatable bonds is 3. The SMILES string of the molecule is C=N/C=C(\C=NCP)C(C)(C)C. The van der Waals surface area contributed by atoms with Crippen LogP contribution in [0.25, 0.3) is 0 Å². The van der Waals surface area contributed by atoms with Crippen LogP contribution in [0.5, 0.6) is 0 Å².